The fourth-order valence-electron chi connectivity index (χ4n) is 1.80. The van der Waals surface area contributed by atoms with Crippen molar-refractivity contribution < 1.29 is 18.3 Å². The highest BCUT2D eigenvalue weighted by molar-refractivity contribution is 6.31. The van der Waals surface area contributed by atoms with Crippen LogP contribution in [-0.4, -0.2) is 5.11 Å². The molecule has 1 nitrogen and oxygen atoms in total. The van der Waals surface area contributed by atoms with E-state index >= 15 is 0 Å². The van der Waals surface area contributed by atoms with Gasteiger partial charge in [0.15, 0.2) is 11.6 Å². The molecule has 0 aliphatic rings. The quantitative estimate of drug-likeness (QED) is 0.822. The molecule has 19 heavy (non-hydrogen) atoms. The number of aliphatic hydroxyl groups is 1. The van der Waals surface area contributed by atoms with Crippen molar-refractivity contribution in [2.75, 3.05) is 0 Å². The Morgan fingerprint density at radius 3 is 2.37 bits per heavy atom. The molecule has 0 aromatic heterocycles. The first-order valence-corrected chi connectivity index (χ1v) is 5.87. The molecule has 0 fully saturated rings. The Kier molecular flexibility index (Phi) is 3.83. The van der Waals surface area contributed by atoms with Gasteiger partial charge in [-0.3, -0.25) is 0 Å². The minimum absolute atomic E-state index is 0.0343. The van der Waals surface area contributed by atoms with Crippen LogP contribution in [0.25, 0.3) is 0 Å². The second-order valence-corrected chi connectivity index (χ2v) is 4.58. The largest absolute Gasteiger partial charge is 0.383 e. The number of rotatable bonds is 2. The summed E-state index contributed by atoms with van der Waals surface area (Å²) in [5.74, 6) is -2.87. The molecule has 0 bridgehead atoms. The maximum Gasteiger partial charge on any atom is 0.160 e. The van der Waals surface area contributed by atoms with Crippen LogP contribution in [0.3, 0.4) is 0 Å². The Morgan fingerprint density at radius 1 is 1.05 bits per heavy atom. The van der Waals surface area contributed by atoms with Crippen LogP contribution in [0.2, 0.25) is 5.02 Å². The van der Waals surface area contributed by atoms with Crippen molar-refractivity contribution in [3.05, 3.63) is 69.5 Å². The van der Waals surface area contributed by atoms with E-state index in [1.54, 1.807) is 19.1 Å². The number of aryl methyl sites for hydroxylation is 1. The van der Waals surface area contributed by atoms with Crippen molar-refractivity contribution in [2.24, 2.45) is 0 Å². The number of halogens is 4. The first kappa shape index (κ1) is 13.9. The van der Waals surface area contributed by atoms with Crippen LogP contribution < -0.4 is 0 Å². The van der Waals surface area contributed by atoms with Gasteiger partial charge in [0.25, 0.3) is 0 Å². The zero-order chi connectivity index (χ0) is 14.2. The maximum absolute atomic E-state index is 13.9. The van der Waals surface area contributed by atoms with Gasteiger partial charge < -0.3 is 5.11 Å². The minimum atomic E-state index is -1.46. The van der Waals surface area contributed by atoms with Crippen LogP contribution in [0.4, 0.5) is 13.2 Å². The summed E-state index contributed by atoms with van der Waals surface area (Å²) in [6, 6.07) is 5.99. The first-order chi connectivity index (χ1) is 8.91. The van der Waals surface area contributed by atoms with Gasteiger partial charge in [0.2, 0.25) is 0 Å². The molecule has 2 aromatic rings. The number of benzene rings is 2. The van der Waals surface area contributed by atoms with Crippen molar-refractivity contribution >= 4 is 11.6 Å². The van der Waals surface area contributed by atoms with Gasteiger partial charge in [0, 0.05) is 16.1 Å². The summed E-state index contributed by atoms with van der Waals surface area (Å²) >= 11 is 5.75. The zero-order valence-electron chi connectivity index (χ0n) is 9.92. The van der Waals surface area contributed by atoms with E-state index in [1.165, 1.54) is 6.07 Å². The van der Waals surface area contributed by atoms with Gasteiger partial charge >= 0.3 is 0 Å². The molecule has 0 saturated carbocycles. The molecule has 100 valence electrons. The lowest BCUT2D eigenvalue weighted by Gasteiger charge is -2.15. The van der Waals surface area contributed by atoms with E-state index in [1.807, 2.05) is 0 Å². The molecule has 2 aromatic carbocycles. The highest BCUT2D eigenvalue weighted by Crippen LogP contribution is 2.31. The predicted molar refractivity (Wildman–Crippen MR) is 66.6 cm³/mol. The molecular formula is C14H10ClF3O. The first-order valence-electron chi connectivity index (χ1n) is 5.49. The van der Waals surface area contributed by atoms with Crippen LogP contribution in [0.15, 0.2) is 30.3 Å². The lowest BCUT2D eigenvalue weighted by atomic mass is 9.99. The molecule has 0 heterocycles. The lowest BCUT2D eigenvalue weighted by molar-refractivity contribution is 0.214. The SMILES string of the molecule is Cc1cccc(C(O)c2cc(F)c(F)cc2Cl)c1F. The van der Waals surface area contributed by atoms with Gasteiger partial charge in [-0.05, 0) is 24.6 Å². The van der Waals surface area contributed by atoms with Gasteiger partial charge in [-0.1, -0.05) is 29.8 Å². The molecule has 1 N–H and O–H groups in total. The molecule has 0 aliphatic carbocycles. The third kappa shape index (κ3) is 2.60. The van der Waals surface area contributed by atoms with Crippen LogP contribution in [-0.2, 0) is 0 Å². The lowest BCUT2D eigenvalue weighted by Crippen LogP contribution is -2.05. The summed E-state index contributed by atoms with van der Waals surface area (Å²) in [6.45, 7) is 1.54. The topological polar surface area (TPSA) is 20.2 Å². The van der Waals surface area contributed by atoms with Crippen LogP contribution >= 0.6 is 11.6 Å². The zero-order valence-corrected chi connectivity index (χ0v) is 10.7. The molecule has 0 amide bonds. The summed E-state index contributed by atoms with van der Waals surface area (Å²) in [6.07, 6.45) is -1.46. The summed E-state index contributed by atoms with van der Waals surface area (Å²) in [5.41, 5.74) is 0.230. The van der Waals surface area contributed by atoms with Gasteiger partial charge in [-0.25, -0.2) is 13.2 Å². The van der Waals surface area contributed by atoms with E-state index < -0.39 is 23.6 Å². The second-order valence-electron chi connectivity index (χ2n) is 4.17. The van der Waals surface area contributed by atoms with E-state index in [-0.39, 0.29) is 16.1 Å². The summed E-state index contributed by atoms with van der Waals surface area (Å²) in [5, 5.41) is 9.92. The Morgan fingerprint density at radius 2 is 1.68 bits per heavy atom. The van der Waals surface area contributed by atoms with Crippen molar-refractivity contribution in [3.63, 3.8) is 0 Å². The third-order valence-electron chi connectivity index (χ3n) is 2.85. The molecule has 0 saturated heterocycles. The van der Waals surface area contributed by atoms with Gasteiger partial charge in [0.05, 0.1) is 0 Å². The van der Waals surface area contributed by atoms with E-state index in [4.69, 9.17) is 11.6 Å². The Bertz CT molecular complexity index is 628. The number of aliphatic hydroxyl groups excluding tert-OH is 1. The number of hydrogen-bond acceptors (Lipinski definition) is 1. The highest BCUT2D eigenvalue weighted by Gasteiger charge is 2.20. The molecule has 1 atom stereocenters. The van der Waals surface area contributed by atoms with Gasteiger partial charge in [-0.2, -0.15) is 0 Å². The molecule has 0 radical (unpaired) electrons. The average molecular weight is 287 g/mol. The average Bonchev–Trinajstić information content (AvgIpc) is 2.36. The Labute approximate surface area is 113 Å². The summed E-state index contributed by atoms with van der Waals surface area (Å²) < 4.78 is 40.0. The van der Waals surface area contributed by atoms with Gasteiger partial charge in [-0.15, -0.1) is 0 Å². The van der Waals surface area contributed by atoms with Crippen LogP contribution in [0.5, 0.6) is 0 Å². The van der Waals surface area contributed by atoms with Gasteiger partial charge in [0.1, 0.15) is 11.9 Å². The molecule has 2 rings (SSSR count). The standard InChI is InChI=1S/C14H10ClF3O/c1-7-3-2-4-8(13(7)18)14(19)9-5-11(16)12(17)6-10(9)15/h2-6,14,19H,1H3. The van der Waals surface area contributed by atoms with Crippen molar-refractivity contribution in [1.29, 1.82) is 0 Å². The van der Waals surface area contributed by atoms with Crippen molar-refractivity contribution in [3.8, 4) is 0 Å². The fourth-order valence-corrected chi connectivity index (χ4v) is 2.05. The van der Waals surface area contributed by atoms with Crippen molar-refractivity contribution in [1.82, 2.24) is 0 Å². The van der Waals surface area contributed by atoms with E-state index in [9.17, 15) is 18.3 Å². The highest BCUT2D eigenvalue weighted by atomic mass is 35.5. The van der Waals surface area contributed by atoms with E-state index in [2.05, 4.69) is 0 Å². The molecule has 0 spiro atoms. The second kappa shape index (κ2) is 5.23. The van der Waals surface area contributed by atoms with Crippen LogP contribution in [0, 0.1) is 24.4 Å². The molecule has 5 heteroatoms. The molecular weight excluding hydrogens is 277 g/mol. The van der Waals surface area contributed by atoms with Crippen LogP contribution in [0.1, 0.15) is 22.8 Å². The van der Waals surface area contributed by atoms with E-state index in [0.29, 0.717) is 5.56 Å². The normalized spacial score (nSPS) is 12.5. The molecule has 1 unspecified atom stereocenters. The summed E-state index contributed by atoms with van der Waals surface area (Å²) in [7, 11) is 0. The van der Waals surface area contributed by atoms with Crippen molar-refractivity contribution in [2.45, 2.75) is 13.0 Å². The number of hydrogen-bond donors (Lipinski definition) is 1. The monoisotopic (exact) mass is 286 g/mol. The molecule has 0 aliphatic heterocycles. The Balaban J connectivity index is 2.53. The fraction of sp³-hybridized carbons (Fsp3) is 0.143. The Hall–Kier alpha value is -1.52. The smallest absolute Gasteiger partial charge is 0.160 e. The maximum atomic E-state index is 13.9. The van der Waals surface area contributed by atoms with E-state index in [0.717, 1.165) is 12.1 Å². The predicted octanol–water partition coefficient (Wildman–Crippen LogP) is 4.15. The summed E-state index contributed by atoms with van der Waals surface area (Å²) in [4.78, 5) is 0. The third-order valence-corrected chi connectivity index (χ3v) is 3.18. The minimum Gasteiger partial charge on any atom is -0.383 e.